The van der Waals surface area contributed by atoms with Gasteiger partial charge < -0.3 is 19.5 Å². The number of carboxylic acids is 1. The Balaban J connectivity index is 1.77. The second-order valence-electron chi connectivity index (χ2n) is 12.6. The van der Waals surface area contributed by atoms with Crippen LogP contribution in [0.2, 0.25) is 0 Å². The third-order valence-corrected chi connectivity index (χ3v) is 7.40. The Labute approximate surface area is 215 Å². The van der Waals surface area contributed by atoms with Gasteiger partial charge in [0.15, 0.2) is 6.10 Å². The Bertz CT molecular complexity index is 1090. The van der Waals surface area contributed by atoms with Crippen molar-refractivity contribution in [1.82, 2.24) is 9.97 Å². The monoisotopic (exact) mass is 495 g/mol. The van der Waals surface area contributed by atoms with Crippen molar-refractivity contribution in [2.24, 2.45) is 10.8 Å². The molecule has 1 aliphatic carbocycles. The Hall–Kier alpha value is -2.67. The number of pyridine rings is 2. The summed E-state index contributed by atoms with van der Waals surface area (Å²) in [5, 5.41) is 10.2. The predicted molar refractivity (Wildman–Crippen MR) is 141 cm³/mol. The third-order valence-electron chi connectivity index (χ3n) is 7.40. The molecule has 0 amide bonds. The second kappa shape index (κ2) is 9.66. The fourth-order valence-electron chi connectivity index (χ4n) is 4.63. The van der Waals surface area contributed by atoms with E-state index in [-0.39, 0.29) is 10.8 Å². The molecule has 0 bridgehead atoms. The first-order chi connectivity index (χ1) is 16.8. The minimum absolute atomic E-state index is 0.256. The van der Waals surface area contributed by atoms with E-state index in [0.29, 0.717) is 23.7 Å². The number of hydrogen-bond donors (Lipinski definition) is 1. The summed E-state index contributed by atoms with van der Waals surface area (Å²) in [5.41, 5.74) is 3.83. The number of rotatable bonds is 8. The molecular weight excluding hydrogens is 454 g/mol. The molecule has 2 aliphatic rings. The zero-order valence-electron chi connectivity index (χ0n) is 22.9. The molecule has 0 aromatic carbocycles. The Morgan fingerprint density at radius 2 is 1.75 bits per heavy atom. The van der Waals surface area contributed by atoms with Gasteiger partial charge in [-0.05, 0) is 64.9 Å². The van der Waals surface area contributed by atoms with Gasteiger partial charge in [0.2, 0.25) is 5.88 Å². The number of piperidine rings is 1. The average molecular weight is 496 g/mol. The molecule has 4 rings (SSSR count). The lowest BCUT2D eigenvalue weighted by Crippen LogP contribution is -2.39. The normalized spacial score (nSPS) is 19.6. The smallest absolute Gasteiger partial charge is 0.337 e. The minimum Gasteiger partial charge on any atom is -0.479 e. The van der Waals surface area contributed by atoms with Crippen molar-refractivity contribution in [2.75, 3.05) is 24.6 Å². The molecule has 0 radical (unpaired) electrons. The van der Waals surface area contributed by atoms with Gasteiger partial charge in [-0.2, -0.15) is 0 Å². The van der Waals surface area contributed by atoms with Gasteiger partial charge in [0.25, 0.3) is 0 Å². The maximum absolute atomic E-state index is 12.5. The molecule has 1 N–H and O–H groups in total. The standard InChI is InChI=1S/C29H41N3O4/c1-19-23(25(26(33)34)36-27(2,3)4)24(32-14-12-28(5,6)13-15-32)21(17-30-19)20-8-9-22(31-16-20)35-18-29(7)10-11-29/h8-9,16-17,25H,10-15,18H2,1-7H3,(H,33,34)/t25-/m0/s1. The lowest BCUT2D eigenvalue weighted by atomic mass is 9.82. The van der Waals surface area contributed by atoms with Crippen molar-refractivity contribution in [3.05, 3.63) is 35.8 Å². The van der Waals surface area contributed by atoms with E-state index in [9.17, 15) is 9.90 Å². The molecule has 2 aromatic rings. The van der Waals surface area contributed by atoms with E-state index in [1.165, 1.54) is 12.8 Å². The van der Waals surface area contributed by atoms with Crippen LogP contribution in [0.5, 0.6) is 5.88 Å². The molecule has 7 nitrogen and oxygen atoms in total. The number of carbonyl (C=O) groups is 1. The highest BCUT2D eigenvalue weighted by atomic mass is 16.5. The highest BCUT2D eigenvalue weighted by molar-refractivity contribution is 5.86. The van der Waals surface area contributed by atoms with Crippen molar-refractivity contribution < 1.29 is 19.4 Å². The molecule has 2 fully saturated rings. The predicted octanol–water partition coefficient (Wildman–Crippen LogP) is 6.20. The Kier molecular flexibility index (Phi) is 7.08. The van der Waals surface area contributed by atoms with Gasteiger partial charge in [0.05, 0.1) is 17.9 Å². The average Bonchev–Trinajstić information content (AvgIpc) is 3.53. The third kappa shape index (κ3) is 6.17. The van der Waals surface area contributed by atoms with E-state index in [2.05, 4.69) is 35.6 Å². The van der Waals surface area contributed by atoms with Gasteiger partial charge in [0.1, 0.15) is 0 Å². The van der Waals surface area contributed by atoms with Crippen molar-refractivity contribution >= 4 is 11.7 Å². The van der Waals surface area contributed by atoms with E-state index in [1.54, 1.807) is 6.20 Å². The van der Waals surface area contributed by atoms with Crippen LogP contribution in [0.3, 0.4) is 0 Å². The van der Waals surface area contributed by atoms with Gasteiger partial charge in [-0.25, -0.2) is 9.78 Å². The Morgan fingerprint density at radius 3 is 2.28 bits per heavy atom. The molecule has 1 atom stereocenters. The van der Waals surface area contributed by atoms with E-state index >= 15 is 0 Å². The van der Waals surface area contributed by atoms with Gasteiger partial charge in [-0.1, -0.05) is 20.8 Å². The van der Waals surface area contributed by atoms with E-state index in [0.717, 1.165) is 42.7 Å². The van der Waals surface area contributed by atoms with Crippen molar-refractivity contribution in [2.45, 2.75) is 85.9 Å². The summed E-state index contributed by atoms with van der Waals surface area (Å²) in [6.45, 7) is 16.7. The highest BCUT2D eigenvalue weighted by Gasteiger charge is 2.38. The maximum atomic E-state index is 12.5. The van der Waals surface area contributed by atoms with Crippen molar-refractivity contribution in [1.29, 1.82) is 0 Å². The fourth-order valence-corrected chi connectivity index (χ4v) is 4.63. The molecule has 3 heterocycles. The summed E-state index contributed by atoms with van der Waals surface area (Å²) in [6, 6.07) is 3.88. The Morgan fingerprint density at radius 1 is 1.08 bits per heavy atom. The maximum Gasteiger partial charge on any atom is 0.337 e. The molecule has 36 heavy (non-hydrogen) atoms. The summed E-state index contributed by atoms with van der Waals surface area (Å²) >= 11 is 0. The molecule has 7 heteroatoms. The van der Waals surface area contributed by atoms with Crippen LogP contribution in [-0.2, 0) is 9.53 Å². The summed E-state index contributed by atoms with van der Waals surface area (Å²) in [4.78, 5) is 24.0. The van der Waals surface area contributed by atoms with Crippen LogP contribution >= 0.6 is 0 Å². The first-order valence-corrected chi connectivity index (χ1v) is 13.0. The van der Waals surface area contributed by atoms with Crippen LogP contribution in [-0.4, -0.2) is 46.3 Å². The quantitative estimate of drug-likeness (QED) is 0.467. The zero-order valence-corrected chi connectivity index (χ0v) is 22.9. The number of aliphatic carboxylic acids is 1. The number of aryl methyl sites for hydroxylation is 1. The number of hydrogen-bond acceptors (Lipinski definition) is 6. The number of carboxylic acid groups (broad SMARTS) is 1. The fraction of sp³-hybridized carbons (Fsp3) is 0.621. The van der Waals surface area contributed by atoms with Crippen LogP contribution in [0.4, 0.5) is 5.69 Å². The van der Waals surface area contributed by atoms with Crippen LogP contribution < -0.4 is 9.64 Å². The SMILES string of the molecule is Cc1ncc(-c2ccc(OCC3(C)CC3)nc2)c(N2CCC(C)(C)CC2)c1[C@H](OC(C)(C)C)C(=O)O. The summed E-state index contributed by atoms with van der Waals surface area (Å²) in [7, 11) is 0. The van der Waals surface area contributed by atoms with Gasteiger partial charge >= 0.3 is 5.97 Å². The molecule has 1 saturated heterocycles. The molecule has 0 unspecified atom stereocenters. The van der Waals surface area contributed by atoms with E-state index in [4.69, 9.17) is 9.47 Å². The minimum atomic E-state index is -1.13. The highest BCUT2D eigenvalue weighted by Crippen LogP contribution is 2.45. The van der Waals surface area contributed by atoms with Gasteiger partial charge in [0, 0.05) is 59.3 Å². The zero-order chi connectivity index (χ0) is 26.3. The van der Waals surface area contributed by atoms with Crippen LogP contribution in [0.1, 0.15) is 84.6 Å². The first kappa shape index (κ1) is 26.4. The molecule has 196 valence electrons. The molecule has 1 aliphatic heterocycles. The lowest BCUT2D eigenvalue weighted by molar-refractivity contribution is -0.160. The molecular formula is C29H41N3O4. The topological polar surface area (TPSA) is 84.8 Å². The summed E-state index contributed by atoms with van der Waals surface area (Å²) < 4.78 is 12.0. The van der Waals surface area contributed by atoms with Gasteiger partial charge in [-0.15, -0.1) is 0 Å². The molecule has 2 aromatic heterocycles. The largest absolute Gasteiger partial charge is 0.479 e. The van der Waals surface area contributed by atoms with Crippen LogP contribution in [0.25, 0.3) is 11.1 Å². The van der Waals surface area contributed by atoms with Crippen molar-refractivity contribution in [3.8, 4) is 17.0 Å². The first-order valence-electron chi connectivity index (χ1n) is 13.0. The summed E-state index contributed by atoms with van der Waals surface area (Å²) in [5.74, 6) is -0.408. The summed E-state index contributed by atoms with van der Waals surface area (Å²) in [6.07, 6.45) is 6.95. The molecule has 0 spiro atoms. The number of aromatic nitrogens is 2. The second-order valence-corrected chi connectivity index (χ2v) is 12.6. The number of anilines is 1. The van der Waals surface area contributed by atoms with Gasteiger partial charge in [-0.3, -0.25) is 4.98 Å². The van der Waals surface area contributed by atoms with Crippen molar-refractivity contribution in [3.63, 3.8) is 0 Å². The lowest BCUT2D eigenvalue weighted by Gasteiger charge is -2.40. The van der Waals surface area contributed by atoms with E-state index < -0.39 is 17.7 Å². The van der Waals surface area contributed by atoms with Crippen LogP contribution in [0, 0.1) is 17.8 Å². The van der Waals surface area contributed by atoms with Crippen LogP contribution in [0.15, 0.2) is 24.5 Å². The molecule has 1 saturated carbocycles. The number of ether oxygens (including phenoxy) is 2. The number of nitrogens with zero attached hydrogens (tertiary/aromatic N) is 3. The van der Waals surface area contributed by atoms with E-state index in [1.807, 2.05) is 46.0 Å².